The Morgan fingerprint density at radius 1 is 1.04 bits per heavy atom. The van der Waals surface area contributed by atoms with Gasteiger partial charge in [0.25, 0.3) is 0 Å². The molecule has 6 heteroatoms. The van der Waals surface area contributed by atoms with Crippen molar-refractivity contribution < 1.29 is 19.1 Å². The minimum atomic E-state index is -1.10. The number of aliphatic hydroxyl groups is 1. The fraction of sp³-hybridized carbons (Fsp3) is 0.263. The van der Waals surface area contributed by atoms with E-state index in [9.17, 15) is 19.1 Å². The summed E-state index contributed by atoms with van der Waals surface area (Å²) in [5.41, 5.74) is 1.41. The fourth-order valence-corrected chi connectivity index (χ4v) is 2.18. The third kappa shape index (κ3) is 5.69. The molecule has 25 heavy (non-hydrogen) atoms. The topological polar surface area (TPSA) is 78.4 Å². The van der Waals surface area contributed by atoms with Crippen molar-refractivity contribution in [3.8, 4) is 0 Å². The molecule has 0 fully saturated rings. The normalized spacial score (nSPS) is 11.9. The van der Waals surface area contributed by atoms with Gasteiger partial charge in [-0.2, -0.15) is 0 Å². The van der Waals surface area contributed by atoms with E-state index in [1.54, 1.807) is 44.2 Å². The predicted molar refractivity (Wildman–Crippen MR) is 94.5 cm³/mol. The maximum absolute atomic E-state index is 13.2. The van der Waals surface area contributed by atoms with Crippen molar-refractivity contribution in [3.05, 3.63) is 59.9 Å². The molecule has 132 valence electrons. The van der Waals surface area contributed by atoms with E-state index in [1.165, 1.54) is 18.2 Å². The minimum absolute atomic E-state index is 0.120. The zero-order valence-corrected chi connectivity index (χ0v) is 14.1. The number of amides is 2. The summed E-state index contributed by atoms with van der Waals surface area (Å²) in [6, 6.07) is 12.2. The van der Waals surface area contributed by atoms with Crippen molar-refractivity contribution in [2.45, 2.75) is 26.4 Å². The number of hydrogen-bond acceptors (Lipinski definition) is 3. The first-order valence-electron chi connectivity index (χ1n) is 7.99. The molecule has 0 radical (unpaired) electrons. The summed E-state index contributed by atoms with van der Waals surface area (Å²) in [4.78, 5) is 23.8. The number of aliphatic hydroxyl groups excluding tert-OH is 1. The van der Waals surface area contributed by atoms with Gasteiger partial charge < -0.3 is 15.7 Å². The van der Waals surface area contributed by atoms with Crippen LogP contribution < -0.4 is 10.6 Å². The molecule has 2 aromatic carbocycles. The summed E-state index contributed by atoms with van der Waals surface area (Å²) in [5.74, 6) is -1.15. The Bertz CT molecular complexity index is 762. The summed E-state index contributed by atoms with van der Waals surface area (Å²) in [6.07, 6.45) is -1.30. The van der Waals surface area contributed by atoms with Crippen LogP contribution in [0.1, 0.15) is 31.9 Å². The first kappa shape index (κ1) is 18.6. The molecule has 2 amide bonds. The van der Waals surface area contributed by atoms with Crippen molar-refractivity contribution in [2.75, 3.05) is 10.6 Å². The molecule has 0 aromatic heterocycles. The van der Waals surface area contributed by atoms with Gasteiger partial charge in [-0.1, -0.05) is 32.0 Å². The Labute approximate surface area is 145 Å². The minimum Gasteiger partial charge on any atom is -0.388 e. The number of carbonyl (C=O) groups excluding carboxylic acids is 2. The molecule has 0 aliphatic carbocycles. The number of carbonyl (C=O) groups is 2. The lowest BCUT2D eigenvalue weighted by atomic mass is 10.1. The molecule has 1 atom stereocenters. The maximum Gasteiger partial charge on any atom is 0.227 e. The lowest BCUT2D eigenvalue weighted by Gasteiger charge is -2.13. The van der Waals surface area contributed by atoms with Gasteiger partial charge in [0, 0.05) is 17.3 Å². The van der Waals surface area contributed by atoms with E-state index in [0.717, 1.165) is 0 Å². The van der Waals surface area contributed by atoms with Crippen molar-refractivity contribution in [1.82, 2.24) is 0 Å². The molecule has 0 saturated carbocycles. The molecule has 0 aliphatic heterocycles. The van der Waals surface area contributed by atoms with Crippen molar-refractivity contribution in [2.24, 2.45) is 5.92 Å². The van der Waals surface area contributed by atoms with Crippen LogP contribution in [0.4, 0.5) is 15.8 Å². The molecule has 0 saturated heterocycles. The van der Waals surface area contributed by atoms with Crippen LogP contribution in [0.15, 0.2) is 48.5 Å². The Morgan fingerprint density at radius 2 is 1.68 bits per heavy atom. The van der Waals surface area contributed by atoms with Gasteiger partial charge in [-0.3, -0.25) is 9.59 Å². The second kappa shape index (κ2) is 8.39. The second-order valence-corrected chi connectivity index (χ2v) is 6.05. The highest BCUT2D eigenvalue weighted by Gasteiger charge is 2.14. The highest BCUT2D eigenvalue weighted by atomic mass is 19.1. The van der Waals surface area contributed by atoms with Crippen LogP contribution in [-0.2, 0) is 9.59 Å². The summed E-state index contributed by atoms with van der Waals surface area (Å²) < 4.78 is 13.2. The van der Waals surface area contributed by atoms with Crippen LogP contribution in [-0.4, -0.2) is 16.9 Å². The third-order valence-electron chi connectivity index (χ3n) is 3.55. The van der Waals surface area contributed by atoms with Gasteiger partial charge in [0.1, 0.15) is 5.82 Å². The number of hydrogen-bond donors (Lipinski definition) is 3. The molecule has 1 unspecified atom stereocenters. The van der Waals surface area contributed by atoms with Gasteiger partial charge in [0.05, 0.1) is 12.5 Å². The largest absolute Gasteiger partial charge is 0.388 e. The van der Waals surface area contributed by atoms with Crippen molar-refractivity contribution in [3.63, 3.8) is 0 Å². The van der Waals surface area contributed by atoms with E-state index < -0.39 is 17.8 Å². The number of halogens is 1. The van der Waals surface area contributed by atoms with Crippen molar-refractivity contribution in [1.29, 1.82) is 0 Å². The van der Waals surface area contributed by atoms with Gasteiger partial charge in [0.15, 0.2) is 0 Å². The predicted octanol–water partition coefficient (Wildman–Crippen LogP) is 3.48. The van der Waals surface area contributed by atoms with E-state index in [4.69, 9.17) is 0 Å². The second-order valence-electron chi connectivity index (χ2n) is 6.05. The lowest BCUT2D eigenvalue weighted by Crippen LogP contribution is -2.18. The smallest absolute Gasteiger partial charge is 0.227 e. The standard InChI is InChI=1S/C19H21FN2O3/c1-12(2)19(25)22-16-8-4-7-15(10-16)21-18(24)11-17(23)13-5-3-6-14(20)9-13/h3-10,12,17,23H,11H2,1-2H3,(H,21,24)(H,22,25). The Morgan fingerprint density at radius 3 is 2.32 bits per heavy atom. The van der Waals surface area contributed by atoms with Crippen LogP contribution in [0.25, 0.3) is 0 Å². The summed E-state index contributed by atoms with van der Waals surface area (Å²) in [6.45, 7) is 3.57. The average molecular weight is 344 g/mol. The van der Waals surface area contributed by atoms with E-state index in [0.29, 0.717) is 16.9 Å². The number of anilines is 2. The number of rotatable bonds is 6. The molecule has 0 bridgehead atoms. The molecule has 2 rings (SSSR count). The lowest BCUT2D eigenvalue weighted by molar-refractivity contribution is -0.119. The highest BCUT2D eigenvalue weighted by Crippen LogP contribution is 2.20. The Kier molecular flexibility index (Phi) is 6.25. The molecule has 0 heterocycles. The number of nitrogens with one attached hydrogen (secondary N) is 2. The molecule has 0 aliphatic rings. The van der Waals surface area contributed by atoms with Crippen LogP contribution in [0, 0.1) is 11.7 Å². The Hall–Kier alpha value is -2.73. The van der Waals surface area contributed by atoms with E-state index in [2.05, 4.69) is 10.6 Å². The van der Waals surface area contributed by atoms with Crippen LogP contribution >= 0.6 is 0 Å². The van der Waals surface area contributed by atoms with Crippen LogP contribution in [0.2, 0.25) is 0 Å². The fourth-order valence-electron chi connectivity index (χ4n) is 2.18. The van der Waals surface area contributed by atoms with E-state index >= 15 is 0 Å². The quantitative estimate of drug-likeness (QED) is 0.751. The van der Waals surface area contributed by atoms with E-state index in [-0.39, 0.29) is 18.2 Å². The molecular formula is C19H21FN2O3. The Balaban J connectivity index is 1.97. The van der Waals surface area contributed by atoms with Gasteiger partial charge in [-0.15, -0.1) is 0 Å². The van der Waals surface area contributed by atoms with E-state index in [1.807, 2.05) is 0 Å². The van der Waals surface area contributed by atoms with Gasteiger partial charge in [-0.25, -0.2) is 4.39 Å². The maximum atomic E-state index is 13.2. The zero-order valence-electron chi connectivity index (χ0n) is 14.1. The SMILES string of the molecule is CC(C)C(=O)Nc1cccc(NC(=O)CC(O)c2cccc(F)c2)c1. The average Bonchev–Trinajstić information content (AvgIpc) is 2.54. The third-order valence-corrected chi connectivity index (χ3v) is 3.55. The van der Waals surface area contributed by atoms with Crippen molar-refractivity contribution >= 4 is 23.2 Å². The van der Waals surface area contributed by atoms with Crippen LogP contribution in [0.5, 0.6) is 0 Å². The summed E-state index contributed by atoms with van der Waals surface area (Å²) in [5, 5.41) is 15.4. The van der Waals surface area contributed by atoms with Gasteiger partial charge in [0.2, 0.25) is 11.8 Å². The monoisotopic (exact) mass is 344 g/mol. The summed E-state index contributed by atoms with van der Waals surface area (Å²) in [7, 11) is 0. The zero-order chi connectivity index (χ0) is 18.4. The first-order chi connectivity index (χ1) is 11.8. The molecular weight excluding hydrogens is 323 g/mol. The van der Waals surface area contributed by atoms with Gasteiger partial charge in [-0.05, 0) is 35.9 Å². The van der Waals surface area contributed by atoms with Crippen LogP contribution in [0.3, 0.4) is 0 Å². The molecule has 5 nitrogen and oxygen atoms in total. The number of benzene rings is 2. The summed E-state index contributed by atoms with van der Waals surface area (Å²) >= 11 is 0. The molecule has 3 N–H and O–H groups in total. The van der Waals surface area contributed by atoms with Gasteiger partial charge >= 0.3 is 0 Å². The molecule has 2 aromatic rings. The first-order valence-corrected chi connectivity index (χ1v) is 7.99. The highest BCUT2D eigenvalue weighted by molar-refractivity contribution is 5.94. The molecule has 0 spiro atoms.